The highest BCUT2D eigenvalue weighted by Gasteiger charge is 2.41. The molecule has 1 aromatic rings. The van der Waals surface area contributed by atoms with E-state index in [0.29, 0.717) is 5.92 Å². The highest BCUT2D eigenvalue weighted by molar-refractivity contribution is 5.08. The summed E-state index contributed by atoms with van der Waals surface area (Å²) < 4.78 is 6.05. The quantitative estimate of drug-likeness (QED) is 0.918. The summed E-state index contributed by atoms with van der Waals surface area (Å²) in [6.07, 6.45) is 12.3. The molecule has 0 bridgehead atoms. The van der Waals surface area contributed by atoms with Gasteiger partial charge >= 0.3 is 0 Å². The zero-order valence-electron chi connectivity index (χ0n) is 12.1. The Morgan fingerprint density at radius 1 is 1.40 bits per heavy atom. The van der Waals surface area contributed by atoms with Crippen molar-refractivity contribution >= 4 is 0 Å². The van der Waals surface area contributed by atoms with Crippen LogP contribution in [0.4, 0.5) is 0 Å². The molecule has 0 amide bonds. The minimum Gasteiger partial charge on any atom is -0.393 e. The second-order valence-corrected chi connectivity index (χ2v) is 6.46. The Labute approximate surface area is 121 Å². The third-order valence-electron chi connectivity index (χ3n) is 5.04. The Morgan fingerprint density at radius 3 is 3.00 bits per heavy atom. The molecule has 1 aliphatic heterocycles. The minimum absolute atomic E-state index is 0.109. The molecule has 2 aliphatic rings. The van der Waals surface area contributed by atoms with Crippen LogP contribution in [0.5, 0.6) is 0 Å². The van der Waals surface area contributed by atoms with Gasteiger partial charge in [-0.3, -0.25) is 4.98 Å². The van der Waals surface area contributed by atoms with Crippen molar-refractivity contribution in [2.24, 2.45) is 5.92 Å². The average molecular weight is 275 g/mol. The van der Waals surface area contributed by atoms with Crippen LogP contribution in [0.3, 0.4) is 0 Å². The van der Waals surface area contributed by atoms with Gasteiger partial charge < -0.3 is 9.84 Å². The first kappa shape index (κ1) is 14.0. The Morgan fingerprint density at radius 2 is 2.25 bits per heavy atom. The summed E-state index contributed by atoms with van der Waals surface area (Å²) in [4.78, 5) is 4.13. The zero-order chi connectivity index (χ0) is 13.8. The number of pyridine rings is 1. The van der Waals surface area contributed by atoms with Crippen molar-refractivity contribution in [3.05, 3.63) is 30.1 Å². The van der Waals surface area contributed by atoms with Gasteiger partial charge in [0.15, 0.2) is 0 Å². The average Bonchev–Trinajstić information content (AvgIpc) is 2.93. The van der Waals surface area contributed by atoms with Gasteiger partial charge in [-0.05, 0) is 56.1 Å². The van der Waals surface area contributed by atoms with Gasteiger partial charge in [-0.25, -0.2) is 0 Å². The fourth-order valence-electron chi connectivity index (χ4n) is 3.86. The van der Waals surface area contributed by atoms with Crippen molar-refractivity contribution in [2.75, 3.05) is 6.61 Å². The van der Waals surface area contributed by atoms with Crippen LogP contribution in [-0.2, 0) is 11.2 Å². The minimum atomic E-state index is -0.198. The smallest absolute Gasteiger partial charge is 0.0686 e. The summed E-state index contributed by atoms with van der Waals surface area (Å²) in [7, 11) is 0. The number of hydrogen-bond donors (Lipinski definition) is 1. The molecule has 2 atom stereocenters. The molecular formula is C17H25NO2. The topological polar surface area (TPSA) is 42.4 Å². The van der Waals surface area contributed by atoms with E-state index in [4.69, 9.17) is 4.74 Å². The molecule has 1 saturated carbocycles. The van der Waals surface area contributed by atoms with E-state index in [9.17, 15) is 5.11 Å². The molecule has 20 heavy (non-hydrogen) atoms. The Kier molecular flexibility index (Phi) is 4.37. The fourth-order valence-corrected chi connectivity index (χ4v) is 3.86. The molecule has 1 aliphatic carbocycles. The summed E-state index contributed by atoms with van der Waals surface area (Å²) in [5, 5.41) is 10.5. The lowest BCUT2D eigenvalue weighted by Gasteiger charge is -2.40. The van der Waals surface area contributed by atoms with Gasteiger partial charge in [0.05, 0.1) is 11.7 Å². The maximum absolute atomic E-state index is 10.5. The number of aryl methyl sites for hydroxylation is 1. The number of aromatic nitrogens is 1. The molecule has 1 saturated heterocycles. The van der Waals surface area contributed by atoms with E-state index >= 15 is 0 Å². The first-order valence-corrected chi connectivity index (χ1v) is 7.98. The Balaban J connectivity index is 1.53. The normalized spacial score (nSPS) is 26.8. The van der Waals surface area contributed by atoms with Crippen LogP contribution < -0.4 is 0 Å². The maximum atomic E-state index is 10.5. The number of aliphatic hydroxyl groups is 1. The predicted molar refractivity (Wildman–Crippen MR) is 78.4 cm³/mol. The van der Waals surface area contributed by atoms with Crippen molar-refractivity contribution in [3.63, 3.8) is 0 Å². The van der Waals surface area contributed by atoms with Crippen LogP contribution in [0.15, 0.2) is 24.5 Å². The van der Waals surface area contributed by atoms with Crippen molar-refractivity contribution in [1.29, 1.82) is 0 Å². The fraction of sp³-hybridized carbons (Fsp3) is 0.706. The number of nitrogens with zero attached hydrogens (tertiary/aromatic N) is 1. The van der Waals surface area contributed by atoms with Crippen LogP contribution in [0.2, 0.25) is 0 Å². The molecule has 3 rings (SSSR count). The molecule has 0 radical (unpaired) electrons. The highest BCUT2D eigenvalue weighted by atomic mass is 16.5. The molecule has 2 fully saturated rings. The Bertz CT molecular complexity index is 414. The molecule has 2 heterocycles. The molecule has 1 spiro atoms. The first-order chi connectivity index (χ1) is 9.77. The van der Waals surface area contributed by atoms with Crippen LogP contribution in [0.25, 0.3) is 0 Å². The van der Waals surface area contributed by atoms with Crippen molar-refractivity contribution in [1.82, 2.24) is 4.98 Å². The number of ether oxygens (including phenoxy) is 1. The van der Waals surface area contributed by atoms with E-state index in [1.165, 1.54) is 31.2 Å². The van der Waals surface area contributed by atoms with Crippen LogP contribution >= 0.6 is 0 Å². The van der Waals surface area contributed by atoms with Gasteiger partial charge in [0, 0.05) is 19.0 Å². The largest absolute Gasteiger partial charge is 0.393 e. The molecule has 3 nitrogen and oxygen atoms in total. The SMILES string of the molecule is OC(CCc1cccnc1)C1CCOC2(CCCC2)C1. The van der Waals surface area contributed by atoms with E-state index in [1.54, 1.807) is 6.20 Å². The number of hydrogen-bond acceptors (Lipinski definition) is 3. The van der Waals surface area contributed by atoms with Crippen LogP contribution in [-0.4, -0.2) is 28.4 Å². The van der Waals surface area contributed by atoms with Gasteiger partial charge in [-0.1, -0.05) is 18.9 Å². The Hall–Kier alpha value is -0.930. The third-order valence-corrected chi connectivity index (χ3v) is 5.04. The molecular weight excluding hydrogens is 250 g/mol. The lowest BCUT2D eigenvalue weighted by atomic mass is 9.80. The summed E-state index contributed by atoms with van der Waals surface area (Å²) in [6, 6.07) is 4.05. The number of aliphatic hydroxyl groups excluding tert-OH is 1. The summed E-state index contributed by atoms with van der Waals surface area (Å²) in [6.45, 7) is 0.828. The van der Waals surface area contributed by atoms with Crippen molar-refractivity contribution in [2.45, 2.75) is 63.1 Å². The molecule has 110 valence electrons. The lowest BCUT2D eigenvalue weighted by Crippen LogP contribution is -2.41. The molecule has 0 aromatic carbocycles. The lowest BCUT2D eigenvalue weighted by molar-refractivity contribution is -0.113. The number of rotatable bonds is 4. The molecule has 3 heteroatoms. The van der Waals surface area contributed by atoms with E-state index in [2.05, 4.69) is 11.1 Å². The standard InChI is InChI=1S/C17H25NO2/c19-16(6-5-14-4-3-10-18-13-14)15-7-11-20-17(12-15)8-1-2-9-17/h3-4,10,13,15-16,19H,1-2,5-9,11-12H2. The predicted octanol–water partition coefficient (Wildman–Crippen LogP) is 3.11. The van der Waals surface area contributed by atoms with E-state index in [1.807, 2.05) is 12.3 Å². The van der Waals surface area contributed by atoms with Crippen LogP contribution in [0, 0.1) is 5.92 Å². The zero-order valence-corrected chi connectivity index (χ0v) is 12.1. The van der Waals surface area contributed by atoms with Gasteiger partial charge in [0.25, 0.3) is 0 Å². The van der Waals surface area contributed by atoms with E-state index in [-0.39, 0.29) is 11.7 Å². The summed E-state index contributed by atoms with van der Waals surface area (Å²) in [5.74, 6) is 0.415. The second-order valence-electron chi connectivity index (χ2n) is 6.46. The van der Waals surface area contributed by atoms with Gasteiger partial charge in [-0.15, -0.1) is 0 Å². The van der Waals surface area contributed by atoms with E-state index in [0.717, 1.165) is 32.3 Å². The van der Waals surface area contributed by atoms with Crippen LogP contribution in [0.1, 0.15) is 50.5 Å². The summed E-state index contributed by atoms with van der Waals surface area (Å²) >= 11 is 0. The van der Waals surface area contributed by atoms with Gasteiger partial charge in [0.2, 0.25) is 0 Å². The summed E-state index contributed by atoms with van der Waals surface area (Å²) in [5.41, 5.74) is 1.33. The van der Waals surface area contributed by atoms with E-state index < -0.39 is 0 Å². The van der Waals surface area contributed by atoms with Crippen molar-refractivity contribution < 1.29 is 9.84 Å². The third kappa shape index (κ3) is 3.21. The highest BCUT2D eigenvalue weighted by Crippen LogP contribution is 2.43. The monoisotopic (exact) mass is 275 g/mol. The molecule has 1 N–H and O–H groups in total. The van der Waals surface area contributed by atoms with Gasteiger partial charge in [0.1, 0.15) is 0 Å². The second kappa shape index (κ2) is 6.23. The van der Waals surface area contributed by atoms with Crippen molar-refractivity contribution in [3.8, 4) is 0 Å². The first-order valence-electron chi connectivity index (χ1n) is 7.98. The maximum Gasteiger partial charge on any atom is 0.0686 e. The van der Waals surface area contributed by atoms with Gasteiger partial charge in [-0.2, -0.15) is 0 Å². The molecule has 1 aromatic heterocycles. The molecule has 2 unspecified atom stereocenters.